The predicted octanol–water partition coefficient (Wildman–Crippen LogP) is 3.07. The number of thiophene rings is 1. The van der Waals surface area contributed by atoms with Crippen molar-refractivity contribution in [2.45, 2.75) is 25.7 Å². The second kappa shape index (κ2) is 5.21. The minimum atomic E-state index is 0.216. The predicted molar refractivity (Wildman–Crippen MR) is 77.5 cm³/mol. The van der Waals surface area contributed by atoms with Gasteiger partial charge in [0.15, 0.2) is 0 Å². The molecule has 19 heavy (non-hydrogen) atoms. The zero-order valence-electron chi connectivity index (χ0n) is 10.7. The molecule has 1 saturated carbocycles. The first-order valence-electron chi connectivity index (χ1n) is 6.71. The van der Waals surface area contributed by atoms with E-state index >= 15 is 0 Å². The molecule has 0 saturated heterocycles. The van der Waals surface area contributed by atoms with Crippen LogP contribution >= 0.6 is 11.3 Å². The molecule has 0 bridgehead atoms. The fourth-order valence-electron chi connectivity index (χ4n) is 2.24. The molecule has 0 spiro atoms. The maximum atomic E-state index is 11.5. The number of hydrogen-bond donors (Lipinski definition) is 2. The van der Waals surface area contributed by atoms with Gasteiger partial charge in [0.2, 0.25) is 5.91 Å². The Labute approximate surface area is 116 Å². The van der Waals surface area contributed by atoms with Gasteiger partial charge in [0, 0.05) is 17.2 Å². The van der Waals surface area contributed by atoms with Crippen molar-refractivity contribution in [3.05, 3.63) is 29.1 Å². The zero-order valence-corrected chi connectivity index (χ0v) is 11.5. The number of benzene rings is 1. The van der Waals surface area contributed by atoms with Gasteiger partial charge in [-0.1, -0.05) is 0 Å². The maximum Gasteiger partial charge on any atom is 0.223 e. The van der Waals surface area contributed by atoms with Crippen LogP contribution in [0.5, 0.6) is 5.75 Å². The van der Waals surface area contributed by atoms with Gasteiger partial charge in [-0.3, -0.25) is 4.79 Å². The lowest BCUT2D eigenvalue weighted by molar-refractivity contribution is -0.122. The number of aryl methyl sites for hydroxylation is 1. The average molecular weight is 275 g/mol. The van der Waals surface area contributed by atoms with E-state index in [2.05, 4.69) is 10.7 Å². The maximum absolute atomic E-state index is 11.5. The quantitative estimate of drug-likeness (QED) is 0.824. The van der Waals surface area contributed by atoms with Crippen LogP contribution in [0.1, 0.15) is 24.8 Å². The Morgan fingerprint density at radius 2 is 2.26 bits per heavy atom. The molecule has 0 atom stereocenters. The van der Waals surface area contributed by atoms with Crippen molar-refractivity contribution >= 4 is 27.3 Å². The summed E-state index contributed by atoms with van der Waals surface area (Å²) in [6.07, 6.45) is 3.99. The number of aromatic hydroxyl groups is 1. The summed E-state index contributed by atoms with van der Waals surface area (Å²) in [5.41, 5.74) is 1.26. The summed E-state index contributed by atoms with van der Waals surface area (Å²) < 4.78 is 1.20. The van der Waals surface area contributed by atoms with Crippen LogP contribution in [-0.2, 0) is 11.2 Å². The van der Waals surface area contributed by atoms with E-state index in [1.165, 1.54) is 10.3 Å². The Kier molecular flexibility index (Phi) is 3.42. The third kappa shape index (κ3) is 2.89. The normalized spacial score (nSPS) is 14.7. The molecular formula is C15H17NO2S. The van der Waals surface area contributed by atoms with Gasteiger partial charge >= 0.3 is 0 Å². The second-order valence-corrected chi connectivity index (χ2v) is 6.02. The molecule has 1 aromatic carbocycles. The van der Waals surface area contributed by atoms with E-state index in [4.69, 9.17) is 0 Å². The number of carbonyl (C=O) groups is 1. The smallest absolute Gasteiger partial charge is 0.223 e. The van der Waals surface area contributed by atoms with Gasteiger partial charge in [0.1, 0.15) is 5.75 Å². The Hall–Kier alpha value is -1.55. The average Bonchev–Trinajstić information content (AvgIpc) is 3.18. The van der Waals surface area contributed by atoms with Crippen LogP contribution in [0.15, 0.2) is 23.6 Å². The van der Waals surface area contributed by atoms with Crippen LogP contribution in [-0.4, -0.2) is 17.6 Å². The van der Waals surface area contributed by atoms with E-state index in [0.29, 0.717) is 11.7 Å². The molecule has 2 aromatic rings. The Bertz CT molecular complexity index is 601. The summed E-state index contributed by atoms with van der Waals surface area (Å²) in [6, 6.07) is 5.50. The van der Waals surface area contributed by atoms with Gasteiger partial charge in [-0.25, -0.2) is 0 Å². The molecule has 1 heterocycles. The summed E-state index contributed by atoms with van der Waals surface area (Å²) in [5.74, 6) is 0.820. The number of phenolic OH excluding ortho intramolecular Hbond substituents is 1. The van der Waals surface area contributed by atoms with E-state index in [1.807, 2.05) is 12.1 Å². The highest BCUT2D eigenvalue weighted by atomic mass is 32.1. The minimum Gasteiger partial charge on any atom is -0.508 e. The summed E-state index contributed by atoms with van der Waals surface area (Å²) in [6.45, 7) is 0.742. The Morgan fingerprint density at radius 1 is 1.42 bits per heavy atom. The summed E-state index contributed by atoms with van der Waals surface area (Å²) in [7, 11) is 0. The van der Waals surface area contributed by atoms with E-state index in [-0.39, 0.29) is 5.91 Å². The molecule has 0 aliphatic heterocycles. The van der Waals surface area contributed by atoms with Crippen LogP contribution < -0.4 is 5.32 Å². The monoisotopic (exact) mass is 275 g/mol. The number of hydrogen-bond acceptors (Lipinski definition) is 3. The lowest BCUT2D eigenvalue weighted by atomic mass is 10.1. The molecule has 1 fully saturated rings. The van der Waals surface area contributed by atoms with Crippen molar-refractivity contribution in [2.24, 2.45) is 5.92 Å². The highest BCUT2D eigenvalue weighted by Crippen LogP contribution is 2.30. The van der Waals surface area contributed by atoms with Crippen LogP contribution in [0, 0.1) is 5.92 Å². The van der Waals surface area contributed by atoms with Crippen LogP contribution in [0.4, 0.5) is 0 Å². The molecule has 1 aromatic heterocycles. The van der Waals surface area contributed by atoms with Crippen LogP contribution in [0.3, 0.4) is 0 Å². The molecule has 2 N–H and O–H groups in total. The first-order valence-corrected chi connectivity index (χ1v) is 7.59. The molecule has 0 radical (unpaired) electrons. The third-order valence-corrected chi connectivity index (χ3v) is 4.52. The Balaban J connectivity index is 1.56. The van der Waals surface area contributed by atoms with Crippen molar-refractivity contribution in [3.8, 4) is 5.75 Å². The SMILES string of the molecule is O=C(NCCCc1csc2ccc(O)cc12)C1CC1. The second-order valence-electron chi connectivity index (χ2n) is 5.11. The molecule has 3 nitrogen and oxygen atoms in total. The number of rotatable bonds is 5. The highest BCUT2D eigenvalue weighted by Gasteiger charge is 2.28. The topological polar surface area (TPSA) is 49.3 Å². The largest absolute Gasteiger partial charge is 0.508 e. The summed E-state index contributed by atoms with van der Waals surface area (Å²) in [5, 5.41) is 15.8. The molecule has 1 aliphatic rings. The minimum absolute atomic E-state index is 0.216. The van der Waals surface area contributed by atoms with Gasteiger partial charge in [-0.05, 0) is 60.2 Å². The number of amides is 1. The van der Waals surface area contributed by atoms with Gasteiger partial charge in [0.05, 0.1) is 0 Å². The number of phenols is 1. The van der Waals surface area contributed by atoms with Gasteiger partial charge in [0.25, 0.3) is 0 Å². The van der Waals surface area contributed by atoms with Crippen LogP contribution in [0.25, 0.3) is 10.1 Å². The van der Waals surface area contributed by atoms with E-state index in [9.17, 15) is 9.90 Å². The molecule has 1 aliphatic carbocycles. The lowest BCUT2D eigenvalue weighted by Gasteiger charge is -2.04. The summed E-state index contributed by atoms with van der Waals surface area (Å²) >= 11 is 1.70. The zero-order chi connectivity index (χ0) is 13.2. The summed E-state index contributed by atoms with van der Waals surface area (Å²) in [4.78, 5) is 11.5. The number of carbonyl (C=O) groups excluding carboxylic acids is 1. The fourth-order valence-corrected chi connectivity index (χ4v) is 3.22. The van der Waals surface area contributed by atoms with Gasteiger partial charge in [-0.2, -0.15) is 0 Å². The fraction of sp³-hybridized carbons (Fsp3) is 0.400. The van der Waals surface area contributed by atoms with Crippen LogP contribution in [0.2, 0.25) is 0 Å². The molecule has 1 amide bonds. The van der Waals surface area contributed by atoms with Crippen molar-refractivity contribution < 1.29 is 9.90 Å². The molecule has 100 valence electrons. The number of nitrogens with one attached hydrogen (secondary N) is 1. The number of fused-ring (bicyclic) bond motifs is 1. The highest BCUT2D eigenvalue weighted by molar-refractivity contribution is 7.17. The molecule has 0 unspecified atom stereocenters. The van der Waals surface area contributed by atoms with E-state index < -0.39 is 0 Å². The molecule has 3 rings (SSSR count). The lowest BCUT2D eigenvalue weighted by Crippen LogP contribution is -2.26. The first kappa shape index (κ1) is 12.5. The van der Waals surface area contributed by atoms with Gasteiger partial charge < -0.3 is 10.4 Å². The molecule has 4 heteroatoms. The third-order valence-electron chi connectivity index (χ3n) is 3.51. The Morgan fingerprint density at radius 3 is 3.05 bits per heavy atom. The first-order chi connectivity index (χ1) is 9.24. The van der Waals surface area contributed by atoms with Crippen molar-refractivity contribution in [1.29, 1.82) is 0 Å². The van der Waals surface area contributed by atoms with E-state index in [1.54, 1.807) is 17.4 Å². The standard InChI is InChI=1S/C15H17NO2S/c17-12-5-6-14-13(8-12)11(9-19-14)2-1-7-16-15(18)10-3-4-10/h5-6,8-10,17H,1-4,7H2,(H,16,18). The van der Waals surface area contributed by atoms with Crippen molar-refractivity contribution in [1.82, 2.24) is 5.32 Å². The van der Waals surface area contributed by atoms with E-state index in [0.717, 1.165) is 37.6 Å². The molecular weight excluding hydrogens is 258 g/mol. The van der Waals surface area contributed by atoms with Gasteiger partial charge in [-0.15, -0.1) is 11.3 Å². The van der Waals surface area contributed by atoms with Crippen molar-refractivity contribution in [2.75, 3.05) is 6.54 Å². The van der Waals surface area contributed by atoms with Crippen molar-refractivity contribution in [3.63, 3.8) is 0 Å².